The summed E-state index contributed by atoms with van der Waals surface area (Å²) in [4.78, 5) is 25.7. The molecule has 1 atom stereocenters. The minimum atomic E-state index is -0.198. The van der Waals surface area contributed by atoms with Crippen LogP contribution in [0.3, 0.4) is 0 Å². The van der Waals surface area contributed by atoms with Gasteiger partial charge in [-0.05, 0) is 42.3 Å². The summed E-state index contributed by atoms with van der Waals surface area (Å²) in [5.41, 5.74) is 1.78. The maximum atomic E-state index is 12.5. The highest BCUT2D eigenvalue weighted by molar-refractivity contribution is 6.31. The van der Waals surface area contributed by atoms with E-state index in [0.717, 1.165) is 0 Å². The number of hydrogen-bond donors (Lipinski definition) is 2. The number of likely N-dealkylation sites (tertiary alicyclic amines) is 1. The minimum Gasteiger partial charge on any atom is -0.507 e. The van der Waals surface area contributed by atoms with Gasteiger partial charge in [0.1, 0.15) is 5.75 Å². The summed E-state index contributed by atoms with van der Waals surface area (Å²) in [6.45, 7) is 0.513. The molecule has 6 heteroatoms. The second-order valence-electron chi connectivity index (χ2n) is 6.23. The number of aromatic hydroxyl groups is 1. The number of piperidine rings is 1. The van der Waals surface area contributed by atoms with Gasteiger partial charge in [-0.15, -0.1) is 0 Å². The van der Waals surface area contributed by atoms with Crippen LogP contribution in [0, 0.1) is 0 Å². The average molecular weight is 359 g/mol. The van der Waals surface area contributed by atoms with Crippen molar-refractivity contribution in [1.29, 1.82) is 0 Å². The first kappa shape index (κ1) is 17.3. The summed E-state index contributed by atoms with van der Waals surface area (Å²) in [7, 11) is 1.74. The van der Waals surface area contributed by atoms with Crippen molar-refractivity contribution in [2.24, 2.45) is 0 Å². The third-order valence-corrected chi connectivity index (χ3v) is 4.59. The molecule has 25 heavy (non-hydrogen) atoms. The van der Waals surface area contributed by atoms with Gasteiger partial charge in [-0.1, -0.05) is 23.7 Å². The van der Waals surface area contributed by atoms with Crippen LogP contribution in [0.1, 0.15) is 23.2 Å². The molecule has 0 bridgehead atoms. The third-order valence-electron chi connectivity index (χ3n) is 4.36. The number of likely N-dealkylation sites (N-methyl/N-ethyl adjacent to an activating group) is 1. The Kier molecular flexibility index (Phi) is 4.95. The van der Waals surface area contributed by atoms with Crippen molar-refractivity contribution in [2.45, 2.75) is 18.9 Å². The predicted molar refractivity (Wildman–Crippen MR) is 96.7 cm³/mol. The molecule has 2 aromatic carbocycles. The second-order valence-corrected chi connectivity index (χ2v) is 6.66. The number of nitrogens with one attached hydrogen (secondary N) is 1. The van der Waals surface area contributed by atoms with Gasteiger partial charge in [0, 0.05) is 42.2 Å². The fourth-order valence-electron chi connectivity index (χ4n) is 2.97. The van der Waals surface area contributed by atoms with E-state index in [4.69, 9.17) is 11.6 Å². The van der Waals surface area contributed by atoms with E-state index in [-0.39, 0.29) is 23.6 Å². The molecule has 3 rings (SSSR count). The summed E-state index contributed by atoms with van der Waals surface area (Å²) in [6.07, 6.45) is 1.08. The Morgan fingerprint density at radius 1 is 1.28 bits per heavy atom. The van der Waals surface area contributed by atoms with Crippen LogP contribution in [0.4, 0.5) is 0 Å². The number of nitrogens with zero attached hydrogens (tertiary/aromatic N) is 1. The maximum Gasteiger partial charge on any atom is 0.251 e. The molecule has 1 aliphatic rings. The standard InChI is InChI=1S/C19H19ClN2O3/c1-22-11-15(6-8-18(22)24)21-19(25)13-4-2-3-12(9-13)16-10-14(20)5-7-17(16)23/h2-5,7,9-10,15,23H,6,8,11H2,1H3,(H,21,25)/t15-/m0/s1. The number of phenols is 1. The zero-order valence-corrected chi connectivity index (χ0v) is 14.6. The second kappa shape index (κ2) is 7.15. The molecule has 0 radical (unpaired) electrons. The van der Waals surface area contributed by atoms with Crippen LogP contribution in [-0.4, -0.2) is 41.5 Å². The number of halogens is 1. The Bertz CT molecular complexity index is 822. The number of rotatable bonds is 3. The van der Waals surface area contributed by atoms with E-state index in [9.17, 15) is 14.7 Å². The van der Waals surface area contributed by atoms with E-state index in [1.807, 2.05) is 6.07 Å². The topological polar surface area (TPSA) is 69.6 Å². The van der Waals surface area contributed by atoms with Gasteiger partial charge in [0.05, 0.1) is 0 Å². The van der Waals surface area contributed by atoms with Crippen molar-refractivity contribution in [3.63, 3.8) is 0 Å². The van der Waals surface area contributed by atoms with Crippen molar-refractivity contribution in [3.8, 4) is 16.9 Å². The Morgan fingerprint density at radius 3 is 2.84 bits per heavy atom. The van der Waals surface area contributed by atoms with E-state index in [1.165, 1.54) is 6.07 Å². The summed E-state index contributed by atoms with van der Waals surface area (Å²) in [5, 5.41) is 13.5. The van der Waals surface area contributed by atoms with Crippen LogP contribution >= 0.6 is 11.6 Å². The van der Waals surface area contributed by atoms with Gasteiger partial charge in [-0.3, -0.25) is 9.59 Å². The molecule has 0 spiro atoms. The van der Waals surface area contributed by atoms with Gasteiger partial charge < -0.3 is 15.3 Å². The smallest absolute Gasteiger partial charge is 0.251 e. The van der Waals surface area contributed by atoms with Crippen molar-refractivity contribution in [2.75, 3.05) is 13.6 Å². The average Bonchev–Trinajstić information content (AvgIpc) is 2.60. The van der Waals surface area contributed by atoms with Crippen LogP contribution in [0.25, 0.3) is 11.1 Å². The van der Waals surface area contributed by atoms with Gasteiger partial charge in [0.25, 0.3) is 5.91 Å². The molecule has 130 valence electrons. The molecular formula is C19H19ClN2O3. The molecule has 1 fully saturated rings. The lowest BCUT2D eigenvalue weighted by atomic mass is 10.0. The van der Waals surface area contributed by atoms with Crippen LogP contribution in [0.15, 0.2) is 42.5 Å². The fraction of sp³-hybridized carbons (Fsp3) is 0.263. The highest BCUT2D eigenvalue weighted by atomic mass is 35.5. The molecule has 1 heterocycles. The van der Waals surface area contributed by atoms with Gasteiger partial charge in [0.15, 0.2) is 0 Å². The van der Waals surface area contributed by atoms with E-state index < -0.39 is 0 Å². The zero-order valence-electron chi connectivity index (χ0n) is 13.8. The Balaban J connectivity index is 1.78. The largest absolute Gasteiger partial charge is 0.507 e. The van der Waals surface area contributed by atoms with E-state index in [2.05, 4.69) is 5.32 Å². The quantitative estimate of drug-likeness (QED) is 0.886. The lowest BCUT2D eigenvalue weighted by Crippen LogP contribution is -2.48. The normalized spacial score (nSPS) is 17.4. The molecule has 5 nitrogen and oxygen atoms in total. The van der Waals surface area contributed by atoms with Crippen molar-refractivity contribution in [3.05, 3.63) is 53.1 Å². The van der Waals surface area contributed by atoms with Crippen molar-refractivity contribution in [1.82, 2.24) is 10.2 Å². The number of hydrogen-bond acceptors (Lipinski definition) is 3. The van der Waals surface area contributed by atoms with Gasteiger partial charge in [-0.25, -0.2) is 0 Å². The molecule has 0 unspecified atom stereocenters. The van der Waals surface area contributed by atoms with Crippen LogP contribution < -0.4 is 5.32 Å². The summed E-state index contributed by atoms with van der Waals surface area (Å²) >= 11 is 6.00. The summed E-state index contributed by atoms with van der Waals surface area (Å²) in [5.74, 6) is 0.00872. The van der Waals surface area contributed by atoms with Crippen LogP contribution in [0.5, 0.6) is 5.75 Å². The van der Waals surface area contributed by atoms with Gasteiger partial charge in [0.2, 0.25) is 5.91 Å². The third kappa shape index (κ3) is 3.94. The van der Waals surface area contributed by atoms with Gasteiger partial charge >= 0.3 is 0 Å². The summed E-state index contributed by atoms with van der Waals surface area (Å²) in [6, 6.07) is 11.8. The van der Waals surface area contributed by atoms with Crippen LogP contribution in [0.2, 0.25) is 5.02 Å². The zero-order chi connectivity index (χ0) is 18.0. The molecule has 0 saturated carbocycles. The predicted octanol–water partition coefficient (Wildman–Crippen LogP) is 3.06. The molecule has 0 aliphatic carbocycles. The molecule has 1 aliphatic heterocycles. The minimum absolute atomic E-state index is 0.0570. The molecule has 2 aromatic rings. The van der Waals surface area contributed by atoms with E-state index >= 15 is 0 Å². The van der Waals surface area contributed by atoms with Crippen molar-refractivity contribution >= 4 is 23.4 Å². The fourth-order valence-corrected chi connectivity index (χ4v) is 3.14. The van der Waals surface area contributed by atoms with Gasteiger partial charge in [-0.2, -0.15) is 0 Å². The van der Waals surface area contributed by atoms with Crippen LogP contribution in [-0.2, 0) is 4.79 Å². The first-order chi connectivity index (χ1) is 11.9. The number of phenolic OH excluding ortho intramolecular Hbond substituents is 1. The van der Waals surface area contributed by atoms with Crippen molar-refractivity contribution < 1.29 is 14.7 Å². The number of benzene rings is 2. The molecule has 0 aromatic heterocycles. The first-order valence-electron chi connectivity index (χ1n) is 8.08. The lowest BCUT2D eigenvalue weighted by molar-refractivity contribution is -0.132. The Morgan fingerprint density at radius 2 is 2.08 bits per heavy atom. The number of carbonyl (C=O) groups excluding carboxylic acids is 2. The Hall–Kier alpha value is -2.53. The highest BCUT2D eigenvalue weighted by Crippen LogP contribution is 2.32. The molecule has 1 saturated heterocycles. The lowest BCUT2D eigenvalue weighted by Gasteiger charge is -2.30. The summed E-state index contributed by atoms with van der Waals surface area (Å²) < 4.78 is 0. The van der Waals surface area contributed by atoms with E-state index in [1.54, 1.807) is 42.3 Å². The highest BCUT2D eigenvalue weighted by Gasteiger charge is 2.24. The maximum absolute atomic E-state index is 12.5. The monoisotopic (exact) mass is 358 g/mol. The molecule has 2 amide bonds. The first-order valence-corrected chi connectivity index (χ1v) is 8.45. The number of carbonyl (C=O) groups is 2. The van der Waals surface area contributed by atoms with E-state index in [0.29, 0.717) is 41.1 Å². The SMILES string of the molecule is CN1C[C@@H](NC(=O)c2cccc(-c3cc(Cl)ccc3O)c2)CCC1=O. The molecule has 2 N–H and O–H groups in total. The Labute approximate surface area is 151 Å². The number of amides is 2. The molecular weight excluding hydrogens is 340 g/mol.